The van der Waals surface area contributed by atoms with Crippen molar-refractivity contribution < 1.29 is 14.1 Å². The summed E-state index contributed by atoms with van der Waals surface area (Å²) in [5.74, 6) is 1.67. The molecule has 1 aromatic carbocycles. The van der Waals surface area contributed by atoms with E-state index in [1.165, 1.54) is 0 Å². The Bertz CT molecular complexity index is 706. The number of hydrogen-bond donors (Lipinski definition) is 2. The maximum absolute atomic E-state index is 11.5. The van der Waals surface area contributed by atoms with Gasteiger partial charge in [-0.2, -0.15) is 4.98 Å². The molecule has 0 saturated carbocycles. The summed E-state index contributed by atoms with van der Waals surface area (Å²) in [6, 6.07) is 7.26. The molecule has 2 aromatic rings. The normalized spacial score (nSPS) is 12.5. The fourth-order valence-corrected chi connectivity index (χ4v) is 2.10. The van der Waals surface area contributed by atoms with Gasteiger partial charge in [0.25, 0.3) is 5.91 Å². The molecule has 1 amide bonds. The van der Waals surface area contributed by atoms with Crippen LogP contribution in [0.1, 0.15) is 52.4 Å². The first-order chi connectivity index (χ1) is 11.8. The molecule has 25 heavy (non-hydrogen) atoms. The maximum atomic E-state index is 11.5. The highest BCUT2D eigenvalue weighted by atomic mass is 16.5. The first kappa shape index (κ1) is 18.8. The van der Waals surface area contributed by atoms with Gasteiger partial charge in [0.15, 0.2) is 12.4 Å². The first-order valence-electron chi connectivity index (χ1n) is 8.39. The number of ether oxygens (including phenoxy) is 1. The number of benzene rings is 1. The van der Waals surface area contributed by atoms with Gasteiger partial charge in [0.05, 0.1) is 0 Å². The first-order valence-corrected chi connectivity index (χ1v) is 8.39. The van der Waals surface area contributed by atoms with Crippen molar-refractivity contribution in [2.24, 2.45) is 0 Å². The van der Waals surface area contributed by atoms with Gasteiger partial charge in [0.1, 0.15) is 11.8 Å². The van der Waals surface area contributed by atoms with Crippen LogP contribution in [0.4, 0.5) is 5.69 Å². The fraction of sp³-hybridized carbons (Fsp3) is 0.500. The molecular formula is C18H26N4O3. The van der Waals surface area contributed by atoms with Crippen molar-refractivity contribution in [2.75, 3.05) is 18.5 Å². The largest absolute Gasteiger partial charge is 0.484 e. The summed E-state index contributed by atoms with van der Waals surface area (Å²) < 4.78 is 10.8. The average Bonchev–Trinajstić information content (AvgIpc) is 3.04. The summed E-state index contributed by atoms with van der Waals surface area (Å²) in [5, 5.41) is 10.0. The Balaban J connectivity index is 1.99. The number of likely N-dealkylation sites (N-methyl/N-ethyl adjacent to an activating group) is 1. The molecule has 0 unspecified atom stereocenters. The third-order valence-corrected chi connectivity index (χ3v) is 3.44. The Morgan fingerprint density at radius 2 is 2.12 bits per heavy atom. The second-order valence-corrected chi connectivity index (χ2v) is 6.84. The van der Waals surface area contributed by atoms with Crippen molar-refractivity contribution in [3.05, 3.63) is 36.0 Å². The van der Waals surface area contributed by atoms with E-state index in [-0.39, 0.29) is 24.0 Å². The van der Waals surface area contributed by atoms with E-state index in [9.17, 15) is 4.79 Å². The highest BCUT2D eigenvalue weighted by Crippen LogP contribution is 2.24. The van der Waals surface area contributed by atoms with E-state index in [0.29, 0.717) is 24.0 Å². The molecule has 0 bridgehead atoms. The Hall–Kier alpha value is -2.57. The van der Waals surface area contributed by atoms with Gasteiger partial charge >= 0.3 is 0 Å². The number of amides is 1. The van der Waals surface area contributed by atoms with Crippen molar-refractivity contribution in [1.82, 2.24) is 15.5 Å². The third kappa shape index (κ3) is 5.48. The Labute approximate surface area is 148 Å². The highest BCUT2D eigenvalue weighted by molar-refractivity contribution is 5.77. The van der Waals surface area contributed by atoms with E-state index in [1.807, 2.05) is 52.8 Å². The molecule has 1 atom stereocenters. The van der Waals surface area contributed by atoms with E-state index < -0.39 is 0 Å². The zero-order valence-corrected chi connectivity index (χ0v) is 15.4. The van der Waals surface area contributed by atoms with Crippen LogP contribution >= 0.6 is 0 Å². The van der Waals surface area contributed by atoms with Crippen LogP contribution in [0.3, 0.4) is 0 Å². The lowest BCUT2D eigenvalue weighted by Gasteiger charge is -2.13. The summed E-state index contributed by atoms with van der Waals surface area (Å²) in [6.07, 6.45) is 0. The minimum atomic E-state index is -0.158. The second-order valence-electron chi connectivity index (χ2n) is 6.84. The number of aromatic nitrogens is 2. The van der Waals surface area contributed by atoms with Gasteiger partial charge in [-0.15, -0.1) is 0 Å². The van der Waals surface area contributed by atoms with Gasteiger partial charge in [0.2, 0.25) is 5.89 Å². The summed E-state index contributed by atoms with van der Waals surface area (Å²) in [7, 11) is 0. The molecule has 0 spiro atoms. The topological polar surface area (TPSA) is 89.3 Å². The molecule has 2 N–H and O–H groups in total. The summed E-state index contributed by atoms with van der Waals surface area (Å²) in [4.78, 5) is 15.9. The molecule has 7 heteroatoms. The minimum Gasteiger partial charge on any atom is -0.484 e. The number of nitrogens with one attached hydrogen (secondary N) is 2. The predicted octanol–water partition coefficient (Wildman–Crippen LogP) is 3.06. The van der Waals surface area contributed by atoms with E-state index in [4.69, 9.17) is 9.26 Å². The quantitative estimate of drug-likeness (QED) is 0.801. The van der Waals surface area contributed by atoms with Gasteiger partial charge in [-0.05, 0) is 26.0 Å². The van der Waals surface area contributed by atoms with Crippen LogP contribution in [-0.4, -0.2) is 29.2 Å². The van der Waals surface area contributed by atoms with E-state index >= 15 is 0 Å². The number of hydrogen-bond acceptors (Lipinski definition) is 6. The number of nitrogens with zero attached hydrogens (tertiary/aromatic N) is 2. The zero-order chi connectivity index (χ0) is 18.4. The highest BCUT2D eigenvalue weighted by Gasteiger charge is 2.23. The van der Waals surface area contributed by atoms with Crippen LogP contribution in [-0.2, 0) is 10.2 Å². The molecule has 0 aliphatic heterocycles. The van der Waals surface area contributed by atoms with Gasteiger partial charge in [0, 0.05) is 23.7 Å². The Kier molecular flexibility index (Phi) is 6.01. The number of rotatable bonds is 7. The lowest BCUT2D eigenvalue weighted by Crippen LogP contribution is -2.28. The molecule has 1 aromatic heterocycles. The summed E-state index contributed by atoms with van der Waals surface area (Å²) in [5.41, 5.74) is 0.685. The van der Waals surface area contributed by atoms with Crippen molar-refractivity contribution in [2.45, 2.75) is 46.1 Å². The lowest BCUT2D eigenvalue weighted by atomic mass is 9.96. The summed E-state index contributed by atoms with van der Waals surface area (Å²) >= 11 is 0. The van der Waals surface area contributed by atoms with Gasteiger partial charge in [-0.25, -0.2) is 0 Å². The number of anilines is 1. The molecule has 0 aliphatic rings. The molecule has 0 fully saturated rings. The molecule has 136 valence electrons. The van der Waals surface area contributed by atoms with Crippen molar-refractivity contribution in [3.63, 3.8) is 0 Å². The predicted molar refractivity (Wildman–Crippen MR) is 95.7 cm³/mol. The molecule has 1 heterocycles. The van der Waals surface area contributed by atoms with Crippen LogP contribution < -0.4 is 15.4 Å². The molecule has 2 rings (SSSR count). The smallest absolute Gasteiger partial charge is 0.257 e. The van der Waals surface area contributed by atoms with Crippen molar-refractivity contribution >= 4 is 11.6 Å². The van der Waals surface area contributed by atoms with E-state index in [1.54, 1.807) is 6.07 Å². The van der Waals surface area contributed by atoms with E-state index in [2.05, 4.69) is 20.8 Å². The van der Waals surface area contributed by atoms with Crippen LogP contribution in [0.5, 0.6) is 5.75 Å². The molecule has 7 nitrogen and oxygen atoms in total. The monoisotopic (exact) mass is 346 g/mol. The zero-order valence-electron chi connectivity index (χ0n) is 15.4. The standard InChI is InChI=1S/C18H26N4O3/c1-6-19-15(23)11-24-14-9-7-8-13(10-14)20-12(2)16-21-17(22-25-16)18(3,4)5/h7-10,12,20H,6,11H2,1-5H3,(H,19,23)/t12-/m0/s1. The second kappa shape index (κ2) is 8.00. The summed E-state index contributed by atoms with van der Waals surface area (Å²) in [6.45, 7) is 10.5. The Morgan fingerprint density at radius 3 is 2.76 bits per heavy atom. The van der Waals surface area contributed by atoms with Crippen LogP contribution in [0.2, 0.25) is 0 Å². The van der Waals surface area contributed by atoms with Crippen LogP contribution in [0.25, 0.3) is 0 Å². The average molecular weight is 346 g/mol. The van der Waals surface area contributed by atoms with Crippen LogP contribution in [0, 0.1) is 0 Å². The SMILES string of the molecule is CCNC(=O)COc1cccc(N[C@@H](C)c2nc(C(C)(C)C)no2)c1. The number of carbonyl (C=O) groups excluding carboxylic acids is 1. The van der Waals surface area contributed by atoms with Gasteiger partial charge in [-0.1, -0.05) is 32.0 Å². The van der Waals surface area contributed by atoms with E-state index in [0.717, 1.165) is 5.69 Å². The minimum absolute atomic E-state index is 0.00848. The fourth-order valence-electron chi connectivity index (χ4n) is 2.10. The lowest BCUT2D eigenvalue weighted by molar-refractivity contribution is -0.122. The van der Waals surface area contributed by atoms with Crippen LogP contribution in [0.15, 0.2) is 28.8 Å². The molecule has 0 saturated heterocycles. The van der Waals surface area contributed by atoms with Gasteiger partial charge in [-0.3, -0.25) is 4.79 Å². The third-order valence-electron chi connectivity index (χ3n) is 3.44. The number of carbonyl (C=O) groups is 1. The van der Waals surface area contributed by atoms with Crippen molar-refractivity contribution in [1.29, 1.82) is 0 Å². The van der Waals surface area contributed by atoms with Crippen molar-refractivity contribution in [3.8, 4) is 5.75 Å². The maximum Gasteiger partial charge on any atom is 0.257 e. The molecule has 0 radical (unpaired) electrons. The van der Waals surface area contributed by atoms with Gasteiger partial charge < -0.3 is 19.9 Å². The molecule has 0 aliphatic carbocycles. The Morgan fingerprint density at radius 1 is 1.36 bits per heavy atom. The molecular weight excluding hydrogens is 320 g/mol.